The zero-order valence-corrected chi connectivity index (χ0v) is 17.9. The predicted octanol–water partition coefficient (Wildman–Crippen LogP) is 2.41. The first kappa shape index (κ1) is 22.7. The lowest BCUT2D eigenvalue weighted by Gasteiger charge is -2.23. The Labute approximate surface area is 173 Å². The van der Waals surface area contributed by atoms with Gasteiger partial charge < -0.3 is 19.4 Å². The van der Waals surface area contributed by atoms with Crippen LogP contribution in [0.2, 0.25) is 0 Å². The summed E-state index contributed by atoms with van der Waals surface area (Å²) < 4.78 is 5.30. The Kier molecular flexibility index (Phi) is 8.96. The van der Waals surface area contributed by atoms with E-state index in [0.29, 0.717) is 69.8 Å². The summed E-state index contributed by atoms with van der Waals surface area (Å²) in [5.41, 5.74) is 0.546. The Balaban J connectivity index is 1.85. The van der Waals surface area contributed by atoms with E-state index < -0.39 is 0 Å². The van der Waals surface area contributed by atoms with E-state index in [1.54, 1.807) is 29.0 Å². The van der Waals surface area contributed by atoms with Crippen LogP contribution in [-0.4, -0.2) is 78.8 Å². The molecule has 0 aromatic heterocycles. The van der Waals surface area contributed by atoms with Gasteiger partial charge in [-0.3, -0.25) is 14.4 Å². The van der Waals surface area contributed by atoms with E-state index in [9.17, 15) is 14.4 Å². The van der Waals surface area contributed by atoms with Gasteiger partial charge in [0.25, 0.3) is 5.91 Å². The fraction of sp³-hybridized carbons (Fsp3) is 0.591. The van der Waals surface area contributed by atoms with Gasteiger partial charge in [-0.2, -0.15) is 0 Å². The maximum Gasteiger partial charge on any atom is 0.257 e. The fourth-order valence-corrected chi connectivity index (χ4v) is 3.64. The van der Waals surface area contributed by atoms with Crippen molar-refractivity contribution in [3.05, 3.63) is 29.8 Å². The monoisotopic (exact) mass is 403 g/mol. The number of carbonyl (C=O) groups is 3. The van der Waals surface area contributed by atoms with Gasteiger partial charge in [0.15, 0.2) is 0 Å². The summed E-state index contributed by atoms with van der Waals surface area (Å²) in [5.74, 6) is 0.658. The lowest BCUT2D eigenvalue weighted by atomic mass is 10.1. The first-order valence-corrected chi connectivity index (χ1v) is 10.5. The SMILES string of the molecule is CCN(CC)C(=O)CCCC(=O)N1CCCN(C(=O)c2ccccc2OC)CC1. The van der Waals surface area contributed by atoms with Crippen molar-refractivity contribution < 1.29 is 19.1 Å². The number of benzene rings is 1. The van der Waals surface area contributed by atoms with Crippen LogP contribution in [0.5, 0.6) is 5.75 Å². The topological polar surface area (TPSA) is 70.2 Å². The average molecular weight is 404 g/mol. The molecule has 0 unspecified atom stereocenters. The molecule has 0 atom stereocenters. The molecule has 1 saturated heterocycles. The van der Waals surface area contributed by atoms with Gasteiger partial charge in [0.1, 0.15) is 5.75 Å². The van der Waals surface area contributed by atoms with Crippen LogP contribution in [0.1, 0.15) is 49.9 Å². The maximum atomic E-state index is 12.9. The maximum absolute atomic E-state index is 12.9. The van der Waals surface area contributed by atoms with Crippen molar-refractivity contribution in [2.45, 2.75) is 39.5 Å². The van der Waals surface area contributed by atoms with E-state index in [1.807, 2.05) is 30.9 Å². The Morgan fingerprint density at radius 3 is 2.31 bits per heavy atom. The van der Waals surface area contributed by atoms with Crippen LogP contribution >= 0.6 is 0 Å². The van der Waals surface area contributed by atoms with Crippen molar-refractivity contribution in [1.29, 1.82) is 0 Å². The van der Waals surface area contributed by atoms with Gasteiger partial charge in [0.05, 0.1) is 12.7 Å². The zero-order valence-electron chi connectivity index (χ0n) is 17.9. The smallest absolute Gasteiger partial charge is 0.257 e. The molecule has 1 fully saturated rings. The third-order valence-electron chi connectivity index (χ3n) is 5.37. The molecule has 0 saturated carbocycles. The van der Waals surface area contributed by atoms with Crippen molar-refractivity contribution in [3.63, 3.8) is 0 Å². The second-order valence-corrected chi connectivity index (χ2v) is 7.15. The minimum Gasteiger partial charge on any atom is -0.496 e. The van der Waals surface area contributed by atoms with Gasteiger partial charge in [-0.25, -0.2) is 0 Å². The van der Waals surface area contributed by atoms with Crippen molar-refractivity contribution >= 4 is 17.7 Å². The van der Waals surface area contributed by atoms with Gasteiger partial charge in [0.2, 0.25) is 11.8 Å². The molecule has 0 N–H and O–H groups in total. The summed E-state index contributed by atoms with van der Waals surface area (Å²) in [6.45, 7) is 7.59. The third-order valence-corrected chi connectivity index (χ3v) is 5.37. The Bertz CT molecular complexity index is 703. The lowest BCUT2D eigenvalue weighted by Crippen LogP contribution is -2.37. The van der Waals surface area contributed by atoms with E-state index >= 15 is 0 Å². The number of rotatable bonds is 8. The van der Waals surface area contributed by atoms with Crippen molar-refractivity contribution in [2.75, 3.05) is 46.4 Å². The van der Waals surface area contributed by atoms with E-state index in [4.69, 9.17) is 4.74 Å². The summed E-state index contributed by atoms with van der Waals surface area (Å²) in [4.78, 5) is 42.9. The molecule has 7 heteroatoms. The number of hydrogen-bond donors (Lipinski definition) is 0. The number of carbonyl (C=O) groups excluding carboxylic acids is 3. The summed E-state index contributed by atoms with van der Waals surface area (Å²) in [7, 11) is 1.56. The number of hydrogen-bond acceptors (Lipinski definition) is 4. The van der Waals surface area contributed by atoms with Crippen LogP contribution in [0, 0.1) is 0 Å². The quantitative estimate of drug-likeness (QED) is 0.668. The first-order chi connectivity index (χ1) is 14.0. The van der Waals surface area contributed by atoms with Crippen LogP contribution in [0.25, 0.3) is 0 Å². The number of ether oxygens (including phenoxy) is 1. The molecule has 0 aliphatic carbocycles. The van der Waals surface area contributed by atoms with Crippen molar-refractivity contribution in [1.82, 2.24) is 14.7 Å². The molecule has 29 heavy (non-hydrogen) atoms. The summed E-state index contributed by atoms with van der Waals surface area (Å²) >= 11 is 0. The predicted molar refractivity (Wildman–Crippen MR) is 112 cm³/mol. The second kappa shape index (κ2) is 11.4. The third kappa shape index (κ3) is 6.21. The summed E-state index contributed by atoms with van der Waals surface area (Å²) in [5, 5.41) is 0. The molecule has 160 valence electrons. The van der Waals surface area contributed by atoms with Gasteiger partial charge >= 0.3 is 0 Å². The minimum absolute atomic E-state index is 0.0592. The highest BCUT2D eigenvalue weighted by molar-refractivity contribution is 5.97. The van der Waals surface area contributed by atoms with E-state index in [1.165, 1.54) is 0 Å². The van der Waals surface area contributed by atoms with Gasteiger partial charge in [-0.05, 0) is 38.8 Å². The molecule has 0 bridgehead atoms. The molecule has 1 heterocycles. The molecule has 1 aromatic rings. The van der Waals surface area contributed by atoms with Crippen molar-refractivity contribution in [2.24, 2.45) is 0 Å². The van der Waals surface area contributed by atoms with E-state index in [0.717, 1.165) is 6.42 Å². The highest BCUT2D eigenvalue weighted by Crippen LogP contribution is 2.20. The first-order valence-electron chi connectivity index (χ1n) is 10.5. The Morgan fingerprint density at radius 2 is 1.62 bits per heavy atom. The van der Waals surface area contributed by atoms with Crippen LogP contribution in [0.15, 0.2) is 24.3 Å². The number of amides is 3. The second-order valence-electron chi connectivity index (χ2n) is 7.15. The van der Waals surface area contributed by atoms with Gasteiger partial charge in [-0.1, -0.05) is 12.1 Å². The molecule has 0 spiro atoms. The lowest BCUT2D eigenvalue weighted by molar-refractivity contribution is -0.132. The molecule has 3 amide bonds. The molecule has 1 aliphatic rings. The minimum atomic E-state index is -0.0680. The molecular formula is C22H33N3O4. The fourth-order valence-electron chi connectivity index (χ4n) is 3.64. The molecule has 1 aliphatic heterocycles. The van der Waals surface area contributed by atoms with Crippen LogP contribution in [0.4, 0.5) is 0 Å². The molecule has 2 rings (SSSR count). The normalized spacial score (nSPS) is 14.3. The van der Waals surface area contributed by atoms with Gasteiger partial charge in [0, 0.05) is 52.1 Å². The number of methoxy groups -OCH3 is 1. The number of nitrogens with zero attached hydrogens (tertiary/aromatic N) is 3. The summed E-state index contributed by atoms with van der Waals surface area (Å²) in [6, 6.07) is 7.20. The number of para-hydroxylation sites is 1. The molecule has 1 aromatic carbocycles. The summed E-state index contributed by atoms with van der Waals surface area (Å²) in [6.07, 6.45) is 2.08. The van der Waals surface area contributed by atoms with E-state index in [2.05, 4.69) is 0 Å². The molecular weight excluding hydrogens is 370 g/mol. The van der Waals surface area contributed by atoms with Crippen LogP contribution < -0.4 is 4.74 Å². The van der Waals surface area contributed by atoms with Gasteiger partial charge in [-0.15, -0.1) is 0 Å². The highest BCUT2D eigenvalue weighted by atomic mass is 16.5. The van der Waals surface area contributed by atoms with Crippen LogP contribution in [-0.2, 0) is 9.59 Å². The molecule has 7 nitrogen and oxygen atoms in total. The highest BCUT2D eigenvalue weighted by Gasteiger charge is 2.24. The standard InChI is InChI=1S/C22H33N3O4/c1-4-23(5-2)20(26)12-8-13-21(27)24-14-9-15-25(17-16-24)22(28)18-10-6-7-11-19(18)29-3/h6-7,10-11H,4-5,8-9,12-17H2,1-3H3. The van der Waals surface area contributed by atoms with Crippen molar-refractivity contribution in [3.8, 4) is 5.75 Å². The largest absolute Gasteiger partial charge is 0.496 e. The Morgan fingerprint density at radius 1 is 0.966 bits per heavy atom. The average Bonchev–Trinajstić information content (AvgIpc) is 3.00. The zero-order chi connectivity index (χ0) is 21.2. The van der Waals surface area contributed by atoms with Crippen LogP contribution in [0.3, 0.4) is 0 Å². The van der Waals surface area contributed by atoms with E-state index in [-0.39, 0.29) is 17.7 Å². The molecule has 0 radical (unpaired) electrons. The Hall–Kier alpha value is -2.57.